The molecule has 0 saturated carbocycles. The largest absolute Gasteiger partial charge is 0.493 e. The Morgan fingerprint density at radius 1 is 1.24 bits per heavy atom. The number of carbonyl (C=O) groups is 1. The lowest BCUT2D eigenvalue weighted by Crippen LogP contribution is -2.11. The highest BCUT2D eigenvalue weighted by molar-refractivity contribution is 9.10. The monoisotopic (exact) mass is 400 g/mol. The van der Waals surface area contributed by atoms with Gasteiger partial charge in [-0.15, -0.1) is 10.2 Å². The molecule has 0 aliphatic rings. The summed E-state index contributed by atoms with van der Waals surface area (Å²) >= 11 is 3.37. The number of nitrogens with zero attached hydrogens (tertiary/aromatic N) is 2. The number of halogens is 1. The number of H-pyrrole nitrogens is 1. The van der Waals surface area contributed by atoms with Crippen LogP contribution in [0.3, 0.4) is 0 Å². The van der Waals surface area contributed by atoms with E-state index in [1.807, 2.05) is 44.2 Å². The van der Waals surface area contributed by atoms with Crippen LogP contribution in [0.4, 0.5) is 11.4 Å². The van der Waals surface area contributed by atoms with Crippen molar-refractivity contribution in [3.05, 3.63) is 52.0 Å². The lowest BCUT2D eigenvalue weighted by atomic mass is 10.1. The molecule has 0 aliphatic carbocycles. The first-order valence-corrected chi connectivity index (χ1v) is 8.49. The highest BCUT2D eigenvalue weighted by Crippen LogP contribution is 2.36. The standard InChI is InChI=1S/C18H17BrN4O2/c1-10-3-5-14(11(2)7-10)20-9-16(24)22-23-17-13-8-12(19)4-6-15(13)21-18(17)25/h3-8,20-21,25H,9H2,1-2H3. The van der Waals surface area contributed by atoms with Crippen molar-refractivity contribution < 1.29 is 9.90 Å². The average Bonchev–Trinajstić information content (AvgIpc) is 2.87. The number of aromatic amines is 1. The summed E-state index contributed by atoms with van der Waals surface area (Å²) in [5.74, 6) is -0.546. The van der Waals surface area contributed by atoms with E-state index in [0.717, 1.165) is 26.8 Å². The normalized spacial score (nSPS) is 11.3. The highest BCUT2D eigenvalue weighted by atomic mass is 79.9. The van der Waals surface area contributed by atoms with Gasteiger partial charge in [-0.2, -0.15) is 0 Å². The number of carbonyl (C=O) groups excluding carboxylic acids is 1. The van der Waals surface area contributed by atoms with E-state index in [9.17, 15) is 9.90 Å². The molecule has 7 heteroatoms. The topological polar surface area (TPSA) is 89.8 Å². The van der Waals surface area contributed by atoms with Crippen molar-refractivity contribution in [3.63, 3.8) is 0 Å². The minimum Gasteiger partial charge on any atom is -0.493 e. The van der Waals surface area contributed by atoms with Gasteiger partial charge in [0.05, 0.1) is 12.1 Å². The van der Waals surface area contributed by atoms with E-state index in [-0.39, 0.29) is 18.1 Å². The lowest BCUT2D eigenvalue weighted by molar-refractivity contribution is -0.116. The number of fused-ring (bicyclic) bond motifs is 1. The lowest BCUT2D eigenvalue weighted by Gasteiger charge is -2.07. The first kappa shape index (κ1) is 17.2. The number of hydrogen-bond donors (Lipinski definition) is 3. The zero-order valence-corrected chi connectivity index (χ0v) is 15.4. The number of aryl methyl sites for hydroxylation is 2. The van der Waals surface area contributed by atoms with Crippen molar-refractivity contribution in [2.75, 3.05) is 11.9 Å². The Labute approximate surface area is 153 Å². The highest BCUT2D eigenvalue weighted by Gasteiger charge is 2.11. The Morgan fingerprint density at radius 2 is 2.04 bits per heavy atom. The van der Waals surface area contributed by atoms with E-state index in [2.05, 4.69) is 36.5 Å². The summed E-state index contributed by atoms with van der Waals surface area (Å²) in [6, 6.07) is 11.4. The summed E-state index contributed by atoms with van der Waals surface area (Å²) < 4.78 is 0.846. The van der Waals surface area contributed by atoms with E-state index in [1.54, 1.807) is 6.07 Å². The first-order chi connectivity index (χ1) is 11.9. The molecule has 0 atom stereocenters. The summed E-state index contributed by atoms with van der Waals surface area (Å²) in [6.45, 7) is 4.02. The molecular weight excluding hydrogens is 384 g/mol. The SMILES string of the molecule is Cc1ccc(NCC(=O)N=Nc2c(O)[nH]c3ccc(Br)cc23)c(C)c1. The fourth-order valence-electron chi connectivity index (χ4n) is 2.56. The fourth-order valence-corrected chi connectivity index (χ4v) is 2.92. The Hall–Kier alpha value is -2.67. The number of benzene rings is 2. The van der Waals surface area contributed by atoms with Crippen molar-refractivity contribution in [1.29, 1.82) is 0 Å². The maximum Gasteiger partial charge on any atom is 0.283 e. The third-order valence-corrected chi connectivity index (χ3v) is 4.28. The Bertz CT molecular complexity index is 979. The molecule has 25 heavy (non-hydrogen) atoms. The molecule has 3 N–H and O–H groups in total. The van der Waals surface area contributed by atoms with Gasteiger partial charge in [0.2, 0.25) is 5.88 Å². The van der Waals surface area contributed by atoms with Crippen LogP contribution in [-0.4, -0.2) is 22.5 Å². The summed E-state index contributed by atoms with van der Waals surface area (Å²) in [6.07, 6.45) is 0. The first-order valence-electron chi connectivity index (χ1n) is 7.70. The van der Waals surface area contributed by atoms with E-state index >= 15 is 0 Å². The predicted molar refractivity (Wildman–Crippen MR) is 102 cm³/mol. The van der Waals surface area contributed by atoms with Crippen LogP contribution in [0.2, 0.25) is 0 Å². The third-order valence-electron chi connectivity index (χ3n) is 3.79. The van der Waals surface area contributed by atoms with Crippen LogP contribution >= 0.6 is 15.9 Å². The maximum absolute atomic E-state index is 12.0. The van der Waals surface area contributed by atoms with E-state index in [1.165, 1.54) is 0 Å². The smallest absolute Gasteiger partial charge is 0.283 e. The zero-order valence-electron chi connectivity index (χ0n) is 13.8. The summed E-state index contributed by atoms with van der Waals surface area (Å²) in [7, 11) is 0. The number of azo groups is 1. The molecule has 1 amide bonds. The van der Waals surface area contributed by atoms with Gasteiger partial charge < -0.3 is 15.4 Å². The van der Waals surface area contributed by atoms with Crippen LogP contribution in [0.15, 0.2) is 51.1 Å². The minimum absolute atomic E-state index is 0.0280. The average molecular weight is 401 g/mol. The molecule has 0 fully saturated rings. The molecule has 6 nitrogen and oxygen atoms in total. The van der Waals surface area contributed by atoms with Crippen molar-refractivity contribution in [2.24, 2.45) is 10.2 Å². The van der Waals surface area contributed by atoms with Gasteiger partial charge in [-0.05, 0) is 43.7 Å². The number of hydrogen-bond acceptors (Lipinski definition) is 4. The number of aromatic nitrogens is 1. The number of rotatable bonds is 4. The minimum atomic E-state index is -0.427. The Morgan fingerprint density at radius 3 is 2.80 bits per heavy atom. The fraction of sp³-hybridized carbons (Fsp3) is 0.167. The van der Waals surface area contributed by atoms with Crippen molar-refractivity contribution in [3.8, 4) is 5.88 Å². The number of nitrogens with one attached hydrogen (secondary N) is 2. The number of anilines is 1. The summed E-state index contributed by atoms with van der Waals surface area (Å²) in [4.78, 5) is 14.8. The van der Waals surface area contributed by atoms with Gasteiger partial charge >= 0.3 is 0 Å². The van der Waals surface area contributed by atoms with E-state index in [4.69, 9.17) is 0 Å². The number of amides is 1. The zero-order chi connectivity index (χ0) is 18.0. The molecule has 2 aromatic carbocycles. The summed E-state index contributed by atoms with van der Waals surface area (Å²) in [5, 5.41) is 21.3. The van der Waals surface area contributed by atoms with Gasteiger partial charge in [-0.25, -0.2) is 0 Å². The van der Waals surface area contributed by atoms with Gasteiger partial charge in [0, 0.05) is 15.5 Å². The summed E-state index contributed by atoms with van der Waals surface area (Å²) in [5.41, 5.74) is 4.07. The molecule has 0 spiro atoms. The van der Waals surface area contributed by atoms with Crippen molar-refractivity contribution in [2.45, 2.75) is 13.8 Å². The van der Waals surface area contributed by atoms with Crippen LogP contribution in [0.25, 0.3) is 10.9 Å². The van der Waals surface area contributed by atoms with E-state index in [0.29, 0.717) is 5.39 Å². The molecule has 1 aromatic heterocycles. The quantitative estimate of drug-likeness (QED) is 0.539. The van der Waals surface area contributed by atoms with Crippen LogP contribution in [0.5, 0.6) is 5.88 Å². The number of aromatic hydroxyl groups is 1. The van der Waals surface area contributed by atoms with Crippen molar-refractivity contribution in [1.82, 2.24) is 4.98 Å². The Balaban J connectivity index is 1.72. The van der Waals surface area contributed by atoms with Gasteiger partial charge in [0.1, 0.15) is 0 Å². The van der Waals surface area contributed by atoms with Crippen LogP contribution in [0.1, 0.15) is 11.1 Å². The Kier molecular flexibility index (Phi) is 4.85. The van der Waals surface area contributed by atoms with E-state index < -0.39 is 5.91 Å². The van der Waals surface area contributed by atoms with Gasteiger partial charge in [-0.1, -0.05) is 33.6 Å². The molecule has 3 aromatic rings. The molecule has 0 saturated heterocycles. The second-order valence-electron chi connectivity index (χ2n) is 5.78. The molecule has 0 bridgehead atoms. The van der Waals surface area contributed by atoms with Crippen LogP contribution in [0, 0.1) is 13.8 Å². The van der Waals surface area contributed by atoms with Gasteiger partial charge in [0.15, 0.2) is 5.69 Å². The molecule has 0 radical (unpaired) electrons. The van der Waals surface area contributed by atoms with Crippen LogP contribution in [-0.2, 0) is 4.79 Å². The second kappa shape index (κ2) is 7.06. The third kappa shape index (κ3) is 3.88. The molecule has 1 heterocycles. The molecule has 0 aliphatic heterocycles. The van der Waals surface area contributed by atoms with Gasteiger partial charge in [-0.3, -0.25) is 4.79 Å². The molecule has 128 valence electrons. The van der Waals surface area contributed by atoms with Crippen molar-refractivity contribution >= 4 is 44.1 Å². The molecule has 3 rings (SSSR count). The van der Waals surface area contributed by atoms with Crippen LogP contribution < -0.4 is 5.32 Å². The van der Waals surface area contributed by atoms with Gasteiger partial charge in [0.25, 0.3) is 5.91 Å². The maximum atomic E-state index is 12.0. The second-order valence-corrected chi connectivity index (χ2v) is 6.69. The molecule has 0 unspecified atom stereocenters. The molecular formula is C18H17BrN4O2. The predicted octanol–water partition coefficient (Wildman–Crippen LogP) is 4.98.